The first kappa shape index (κ1) is 13.1. The number of hydrogen-bond acceptors (Lipinski definition) is 3. The van der Waals surface area contributed by atoms with Gasteiger partial charge in [-0.2, -0.15) is 0 Å². The Bertz CT molecular complexity index is 319. The van der Waals surface area contributed by atoms with Crippen LogP contribution in [0, 0.1) is 5.82 Å². The zero-order valence-electron chi connectivity index (χ0n) is 9.96. The van der Waals surface area contributed by atoms with Gasteiger partial charge in [0.25, 0.3) is 0 Å². The zero-order chi connectivity index (χ0) is 12.2. The fraction of sp³-hybridized carbons (Fsp3) is 0.500. The van der Waals surface area contributed by atoms with Crippen molar-refractivity contribution >= 4 is 0 Å². The summed E-state index contributed by atoms with van der Waals surface area (Å²) < 4.78 is 18.4. The van der Waals surface area contributed by atoms with Crippen LogP contribution in [0.5, 0.6) is 0 Å². The highest BCUT2D eigenvalue weighted by molar-refractivity contribution is 5.19. The minimum absolute atomic E-state index is 0.125. The van der Waals surface area contributed by atoms with Crippen molar-refractivity contribution in [2.75, 3.05) is 6.61 Å². The van der Waals surface area contributed by atoms with Crippen molar-refractivity contribution in [1.29, 1.82) is 0 Å². The highest BCUT2D eigenvalue weighted by Crippen LogP contribution is 2.16. The lowest BCUT2D eigenvalue weighted by atomic mass is 10.1. The summed E-state index contributed by atoms with van der Waals surface area (Å²) in [6, 6.07) is 6.10. The molecule has 0 aliphatic rings. The average Bonchev–Trinajstić information content (AvgIpc) is 2.20. The van der Waals surface area contributed by atoms with Gasteiger partial charge in [-0.15, -0.1) is 0 Å². The molecule has 1 rings (SSSR count). The third kappa shape index (κ3) is 4.26. The summed E-state index contributed by atoms with van der Waals surface area (Å²) in [4.78, 5) is 0. The Morgan fingerprint density at radius 3 is 2.31 bits per heavy atom. The number of benzene rings is 1. The molecule has 90 valence electrons. The molecule has 0 heterocycles. The quantitative estimate of drug-likeness (QED) is 0.611. The van der Waals surface area contributed by atoms with Crippen molar-refractivity contribution in [2.24, 2.45) is 5.84 Å². The Labute approximate surface area is 95.8 Å². The number of hydrazine groups is 1. The Hall–Kier alpha value is -0.970. The smallest absolute Gasteiger partial charge is 0.123 e. The SMILES string of the molecule is CC(C)(C)OCC(NN)c1ccc(F)cc1. The first-order valence-electron chi connectivity index (χ1n) is 5.28. The Morgan fingerprint density at radius 2 is 1.88 bits per heavy atom. The predicted molar refractivity (Wildman–Crippen MR) is 62.2 cm³/mol. The zero-order valence-corrected chi connectivity index (χ0v) is 9.96. The summed E-state index contributed by atoms with van der Waals surface area (Å²) in [5, 5.41) is 0. The molecule has 1 aromatic rings. The monoisotopic (exact) mass is 226 g/mol. The van der Waals surface area contributed by atoms with Gasteiger partial charge >= 0.3 is 0 Å². The van der Waals surface area contributed by atoms with Crippen LogP contribution in [-0.2, 0) is 4.74 Å². The standard InChI is InChI=1S/C12H19FN2O/c1-12(2,3)16-8-11(15-14)9-4-6-10(13)7-5-9/h4-7,11,15H,8,14H2,1-3H3. The molecule has 0 saturated carbocycles. The van der Waals surface area contributed by atoms with Crippen LogP contribution in [0.25, 0.3) is 0 Å². The van der Waals surface area contributed by atoms with Crippen LogP contribution in [0.1, 0.15) is 32.4 Å². The fourth-order valence-corrected chi connectivity index (χ4v) is 1.27. The van der Waals surface area contributed by atoms with E-state index in [2.05, 4.69) is 5.43 Å². The molecule has 3 nitrogen and oxygen atoms in total. The second-order valence-corrected chi connectivity index (χ2v) is 4.69. The van der Waals surface area contributed by atoms with Gasteiger partial charge in [0, 0.05) is 0 Å². The van der Waals surface area contributed by atoms with Crippen LogP contribution >= 0.6 is 0 Å². The summed E-state index contributed by atoms with van der Waals surface area (Å²) >= 11 is 0. The van der Waals surface area contributed by atoms with E-state index in [1.54, 1.807) is 12.1 Å². The van der Waals surface area contributed by atoms with Crippen molar-refractivity contribution in [1.82, 2.24) is 5.43 Å². The molecular weight excluding hydrogens is 207 g/mol. The van der Waals surface area contributed by atoms with Gasteiger partial charge in [0.1, 0.15) is 5.82 Å². The maximum absolute atomic E-state index is 12.7. The van der Waals surface area contributed by atoms with E-state index in [0.717, 1.165) is 5.56 Å². The molecule has 1 unspecified atom stereocenters. The molecule has 0 amide bonds. The molecule has 0 fully saturated rings. The van der Waals surface area contributed by atoms with E-state index >= 15 is 0 Å². The minimum atomic E-state index is -0.253. The van der Waals surface area contributed by atoms with Crippen LogP contribution in [0.3, 0.4) is 0 Å². The number of rotatable bonds is 4. The molecule has 0 aliphatic carbocycles. The lowest BCUT2D eigenvalue weighted by Crippen LogP contribution is -2.34. The fourth-order valence-electron chi connectivity index (χ4n) is 1.27. The lowest BCUT2D eigenvalue weighted by Gasteiger charge is -2.24. The first-order chi connectivity index (χ1) is 7.42. The van der Waals surface area contributed by atoms with Crippen LogP contribution in [0.2, 0.25) is 0 Å². The molecule has 0 aromatic heterocycles. The first-order valence-corrected chi connectivity index (χ1v) is 5.28. The minimum Gasteiger partial charge on any atom is -0.374 e. The number of nitrogens with one attached hydrogen (secondary N) is 1. The van der Waals surface area contributed by atoms with Crippen molar-refractivity contribution in [3.63, 3.8) is 0 Å². The van der Waals surface area contributed by atoms with Crippen molar-refractivity contribution in [3.05, 3.63) is 35.6 Å². The molecule has 0 bridgehead atoms. The summed E-state index contributed by atoms with van der Waals surface area (Å²) in [5.41, 5.74) is 3.36. The van der Waals surface area contributed by atoms with Crippen LogP contribution in [-0.4, -0.2) is 12.2 Å². The average molecular weight is 226 g/mol. The normalized spacial score (nSPS) is 13.8. The number of hydrogen-bond donors (Lipinski definition) is 2. The van der Waals surface area contributed by atoms with E-state index in [9.17, 15) is 4.39 Å². The third-order valence-corrected chi connectivity index (χ3v) is 2.16. The van der Waals surface area contributed by atoms with Crippen molar-refractivity contribution < 1.29 is 9.13 Å². The highest BCUT2D eigenvalue weighted by atomic mass is 19.1. The van der Waals surface area contributed by atoms with Gasteiger partial charge in [0.05, 0.1) is 18.2 Å². The van der Waals surface area contributed by atoms with Crippen LogP contribution < -0.4 is 11.3 Å². The van der Waals surface area contributed by atoms with E-state index in [0.29, 0.717) is 6.61 Å². The molecule has 4 heteroatoms. The molecular formula is C12H19FN2O. The topological polar surface area (TPSA) is 47.3 Å². The molecule has 1 aromatic carbocycles. The predicted octanol–water partition coefficient (Wildman–Crippen LogP) is 2.15. The molecule has 3 N–H and O–H groups in total. The second kappa shape index (κ2) is 5.39. The molecule has 0 aliphatic heterocycles. The second-order valence-electron chi connectivity index (χ2n) is 4.69. The Balaban J connectivity index is 2.64. The number of halogens is 1. The van der Waals surface area contributed by atoms with E-state index in [4.69, 9.17) is 10.6 Å². The van der Waals surface area contributed by atoms with Crippen LogP contribution in [0.4, 0.5) is 4.39 Å². The van der Waals surface area contributed by atoms with Crippen molar-refractivity contribution in [2.45, 2.75) is 32.4 Å². The van der Waals surface area contributed by atoms with Gasteiger partial charge in [-0.3, -0.25) is 11.3 Å². The van der Waals surface area contributed by atoms with Gasteiger partial charge in [-0.25, -0.2) is 4.39 Å². The van der Waals surface area contributed by atoms with Crippen molar-refractivity contribution in [3.8, 4) is 0 Å². The van der Waals surface area contributed by atoms with E-state index < -0.39 is 0 Å². The van der Waals surface area contributed by atoms with Crippen LogP contribution in [0.15, 0.2) is 24.3 Å². The number of nitrogens with two attached hydrogens (primary N) is 1. The lowest BCUT2D eigenvalue weighted by molar-refractivity contribution is -0.0148. The van der Waals surface area contributed by atoms with E-state index in [1.165, 1.54) is 12.1 Å². The molecule has 1 atom stereocenters. The summed E-state index contributed by atoms with van der Waals surface area (Å²) in [6.07, 6.45) is 0. The number of ether oxygens (including phenoxy) is 1. The van der Waals surface area contributed by atoms with Gasteiger partial charge in [0.15, 0.2) is 0 Å². The maximum Gasteiger partial charge on any atom is 0.123 e. The summed E-state index contributed by atoms with van der Waals surface area (Å²) in [5.74, 6) is 5.19. The van der Waals surface area contributed by atoms with E-state index in [1.807, 2.05) is 20.8 Å². The molecule has 0 saturated heterocycles. The largest absolute Gasteiger partial charge is 0.374 e. The molecule has 0 radical (unpaired) electrons. The van der Waals surface area contributed by atoms with E-state index in [-0.39, 0.29) is 17.5 Å². The summed E-state index contributed by atoms with van der Waals surface area (Å²) in [6.45, 7) is 6.38. The molecule has 0 spiro atoms. The Kier molecular flexibility index (Phi) is 4.41. The molecule has 16 heavy (non-hydrogen) atoms. The highest BCUT2D eigenvalue weighted by Gasteiger charge is 2.15. The van der Waals surface area contributed by atoms with Gasteiger partial charge in [0.2, 0.25) is 0 Å². The summed E-state index contributed by atoms with van der Waals surface area (Å²) in [7, 11) is 0. The Morgan fingerprint density at radius 1 is 1.31 bits per heavy atom. The van der Waals surface area contributed by atoms with Gasteiger partial charge in [-0.05, 0) is 38.5 Å². The van der Waals surface area contributed by atoms with Gasteiger partial charge in [-0.1, -0.05) is 12.1 Å². The maximum atomic E-state index is 12.7. The third-order valence-electron chi connectivity index (χ3n) is 2.16. The van der Waals surface area contributed by atoms with Gasteiger partial charge < -0.3 is 4.74 Å².